The summed E-state index contributed by atoms with van der Waals surface area (Å²) in [6, 6.07) is 12.9. The lowest BCUT2D eigenvalue weighted by atomic mass is 9.94. The molecule has 1 aromatic heterocycles. The monoisotopic (exact) mass is 398 g/mol. The molecule has 2 heterocycles. The molecule has 1 saturated heterocycles. The van der Waals surface area contributed by atoms with Crippen molar-refractivity contribution in [2.75, 3.05) is 13.1 Å². The highest BCUT2D eigenvalue weighted by Gasteiger charge is 2.27. The zero-order valence-electron chi connectivity index (χ0n) is 16.3. The molecule has 0 radical (unpaired) electrons. The molecule has 148 valence electrons. The number of hydrogen-bond donors (Lipinski definition) is 2. The maximum absolute atomic E-state index is 13.0. The van der Waals surface area contributed by atoms with Gasteiger partial charge in [0.1, 0.15) is 4.90 Å². The standard InChI is InChI=1S/C22H26N2O3S/c1-3-16-6-9-20-19(14-16)22(21(24-20)17-10-12-23-13-11-17)27-28(25,26)18-7-4-15(2)5-8-18/h4-9,14,17,23-24H,3,10-13H2,1-2H3. The Hall–Kier alpha value is -2.31. The molecule has 0 bridgehead atoms. The van der Waals surface area contributed by atoms with Crippen molar-refractivity contribution >= 4 is 21.0 Å². The van der Waals surface area contributed by atoms with Crippen LogP contribution in [0.3, 0.4) is 0 Å². The Morgan fingerprint density at radius 1 is 1.07 bits per heavy atom. The van der Waals surface area contributed by atoms with Crippen LogP contribution in [0.2, 0.25) is 0 Å². The summed E-state index contributed by atoms with van der Waals surface area (Å²) in [7, 11) is -3.91. The molecule has 2 aromatic carbocycles. The van der Waals surface area contributed by atoms with Crippen LogP contribution in [0.15, 0.2) is 47.4 Å². The largest absolute Gasteiger partial charge is 0.376 e. The maximum atomic E-state index is 13.0. The van der Waals surface area contributed by atoms with Crippen molar-refractivity contribution in [2.45, 2.75) is 43.9 Å². The Labute approximate surface area is 166 Å². The molecule has 0 amide bonds. The Bertz CT molecular complexity index is 1080. The van der Waals surface area contributed by atoms with E-state index in [2.05, 4.69) is 23.3 Å². The minimum atomic E-state index is -3.91. The molecule has 3 aromatic rings. The Balaban J connectivity index is 1.81. The van der Waals surface area contributed by atoms with Crippen LogP contribution in [0.1, 0.15) is 42.5 Å². The average molecular weight is 399 g/mol. The number of rotatable bonds is 5. The van der Waals surface area contributed by atoms with Crippen molar-refractivity contribution in [3.8, 4) is 5.75 Å². The topological polar surface area (TPSA) is 71.2 Å². The summed E-state index contributed by atoms with van der Waals surface area (Å²) in [6.07, 6.45) is 2.79. The van der Waals surface area contributed by atoms with Gasteiger partial charge in [0, 0.05) is 16.8 Å². The fourth-order valence-electron chi connectivity index (χ4n) is 3.81. The molecule has 0 atom stereocenters. The van der Waals surface area contributed by atoms with Crippen molar-refractivity contribution in [1.29, 1.82) is 0 Å². The molecule has 0 saturated carbocycles. The summed E-state index contributed by atoms with van der Waals surface area (Å²) in [4.78, 5) is 3.63. The van der Waals surface area contributed by atoms with Gasteiger partial charge in [-0.3, -0.25) is 0 Å². The van der Waals surface area contributed by atoms with Gasteiger partial charge in [-0.1, -0.05) is 30.7 Å². The van der Waals surface area contributed by atoms with Gasteiger partial charge < -0.3 is 14.5 Å². The number of hydrogen-bond acceptors (Lipinski definition) is 4. The SMILES string of the molecule is CCc1ccc2[nH]c(C3CCNCC3)c(OS(=O)(=O)c3ccc(C)cc3)c2c1. The summed E-state index contributed by atoms with van der Waals surface area (Å²) >= 11 is 0. The number of H-pyrrole nitrogens is 1. The number of aryl methyl sites for hydroxylation is 2. The molecular formula is C22H26N2O3S. The van der Waals surface area contributed by atoms with Crippen molar-refractivity contribution < 1.29 is 12.6 Å². The van der Waals surface area contributed by atoms with E-state index in [-0.39, 0.29) is 10.8 Å². The fraction of sp³-hybridized carbons (Fsp3) is 0.364. The predicted octanol–water partition coefficient (Wildman–Crippen LogP) is 4.27. The normalized spacial score (nSPS) is 15.8. The van der Waals surface area contributed by atoms with Crippen LogP contribution in [0, 0.1) is 6.92 Å². The van der Waals surface area contributed by atoms with Crippen LogP contribution in [-0.2, 0) is 16.5 Å². The fourth-order valence-corrected chi connectivity index (χ4v) is 4.77. The van der Waals surface area contributed by atoms with E-state index in [0.717, 1.165) is 60.1 Å². The van der Waals surface area contributed by atoms with Crippen LogP contribution < -0.4 is 9.50 Å². The van der Waals surface area contributed by atoms with E-state index in [1.165, 1.54) is 0 Å². The minimum Gasteiger partial charge on any atom is -0.376 e. The van der Waals surface area contributed by atoms with Crippen LogP contribution in [0.5, 0.6) is 5.75 Å². The lowest BCUT2D eigenvalue weighted by molar-refractivity contribution is 0.437. The number of aromatic nitrogens is 1. The molecule has 0 spiro atoms. The van der Waals surface area contributed by atoms with E-state index >= 15 is 0 Å². The Morgan fingerprint density at radius 3 is 2.46 bits per heavy atom. The zero-order chi connectivity index (χ0) is 19.7. The number of nitrogens with one attached hydrogen (secondary N) is 2. The van der Waals surface area contributed by atoms with Crippen LogP contribution in [0.25, 0.3) is 10.9 Å². The smallest absolute Gasteiger partial charge is 0.339 e. The van der Waals surface area contributed by atoms with Crippen LogP contribution in [0.4, 0.5) is 0 Å². The molecule has 6 heteroatoms. The second-order valence-corrected chi connectivity index (χ2v) is 9.02. The van der Waals surface area contributed by atoms with E-state index in [9.17, 15) is 8.42 Å². The molecule has 2 N–H and O–H groups in total. The Kier molecular flexibility index (Phi) is 5.17. The number of piperidine rings is 1. The highest BCUT2D eigenvalue weighted by Crippen LogP contribution is 2.40. The number of benzene rings is 2. The molecule has 1 fully saturated rings. The lowest BCUT2D eigenvalue weighted by Gasteiger charge is -2.22. The van der Waals surface area contributed by atoms with Crippen LogP contribution in [-0.4, -0.2) is 26.5 Å². The second-order valence-electron chi connectivity index (χ2n) is 7.48. The summed E-state index contributed by atoms with van der Waals surface area (Å²) in [5.41, 5.74) is 3.97. The third-order valence-corrected chi connectivity index (χ3v) is 6.74. The number of aromatic amines is 1. The van der Waals surface area contributed by atoms with Crippen molar-refractivity contribution in [3.05, 3.63) is 59.3 Å². The molecule has 0 aliphatic carbocycles. The van der Waals surface area contributed by atoms with Crippen molar-refractivity contribution in [2.24, 2.45) is 0 Å². The summed E-state index contributed by atoms with van der Waals surface area (Å²) in [5.74, 6) is 0.708. The molecule has 5 nitrogen and oxygen atoms in total. The van der Waals surface area contributed by atoms with Gasteiger partial charge in [0.05, 0.1) is 5.69 Å². The Morgan fingerprint density at radius 2 is 1.79 bits per heavy atom. The van der Waals surface area contributed by atoms with Gasteiger partial charge in [0.15, 0.2) is 5.75 Å². The predicted molar refractivity (Wildman–Crippen MR) is 112 cm³/mol. The zero-order valence-corrected chi connectivity index (χ0v) is 17.1. The molecule has 1 aliphatic rings. The van der Waals surface area contributed by atoms with Gasteiger partial charge in [-0.25, -0.2) is 0 Å². The van der Waals surface area contributed by atoms with Crippen molar-refractivity contribution in [3.63, 3.8) is 0 Å². The first kappa shape index (κ1) is 19.0. The third kappa shape index (κ3) is 3.66. The van der Waals surface area contributed by atoms with Crippen LogP contribution >= 0.6 is 0 Å². The molecule has 0 unspecified atom stereocenters. The summed E-state index contributed by atoms with van der Waals surface area (Å²) < 4.78 is 31.8. The quantitative estimate of drug-likeness (QED) is 0.630. The van der Waals surface area contributed by atoms with Gasteiger partial charge in [0.2, 0.25) is 0 Å². The molecule has 4 rings (SSSR count). The minimum absolute atomic E-state index is 0.176. The van der Waals surface area contributed by atoms with E-state index in [1.54, 1.807) is 24.3 Å². The molecular weight excluding hydrogens is 372 g/mol. The van der Waals surface area contributed by atoms with Crippen molar-refractivity contribution in [1.82, 2.24) is 10.3 Å². The van der Waals surface area contributed by atoms with E-state index < -0.39 is 10.1 Å². The van der Waals surface area contributed by atoms with E-state index in [0.29, 0.717) is 5.75 Å². The van der Waals surface area contributed by atoms with Gasteiger partial charge in [-0.05, 0) is 69.1 Å². The lowest BCUT2D eigenvalue weighted by Crippen LogP contribution is -2.27. The van der Waals surface area contributed by atoms with Gasteiger partial charge >= 0.3 is 10.1 Å². The van der Waals surface area contributed by atoms with Gasteiger partial charge in [-0.15, -0.1) is 0 Å². The highest BCUT2D eigenvalue weighted by molar-refractivity contribution is 7.87. The first-order chi connectivity index (χ1) is 13.5. The first-order valence-electron chi connectivity index (χ1n) is 9.84. The average Bonchev–Trinajstić information content (AvgIpc) is 3.06. The van der Waals surface area contributed by atoms with Gasteiger partial charge in [0.25, 0.3) is 0 Å². The molecule has 28 heavy (non-hydrogen) atoms. The summed E-state index contributed by atoms with van der Waals surface area (Å²) in [6.45, 7) is 5.86. The molecule has 1 aliphatic heterocycles. The summed E-state index contributed by atoms with van der Waals surface area (Å²) in [5, 5.41) is 4.20. The third-order valence-electron chi connectivity index (χ3n) is 5.50. The maximum Gasteiger partial charge on any atom is 0.339 e. The first-order valence-corrected chi connectivity index (χ1v) is 11.2. The highest BCUT2D eigenvalue weighted by atomic mass is 32.2. The van der Waals surface area contributed by atoms with Gasteiger partial charge in [-0.2, -0.15) is 8.42 Å². The second kappa shape index (κ2) is 7.60. The van der Waals surface area contributed by atoms with E-state index in [1.807, 2.05) is 19.1 Å². The number of fused-ring (bicyclic) bond motifs is 1. The van der Waals surface area contributed by atoms with E-state index in [4.69, 9.17) is 4.18 Å².